The van der Waals surface area contributed by atoms with Crippen molar-refractivity contribution in [2.45, 2.75) is 77.0 Å². The number of carbonyl (C=O) groups excluding carboxylic acids is 1. The zero-order chi connectivity index (χ0) is 24.7. The van der Waals surface area contributed by atoms with E-state index in [1.807, 2.05) is 25.1 Å². The third-order valence-corrected chi connectivity index (χ3v) is 7.31. The third kappa shape index (κ3) is 6.12. The van der Waals surface area contributed by atoms with Crippen LogP contribution in [-0.4, -0.2) is 36.0 Å². The Labute approximate surface area is 204 Å². The van der Waals surface area contributed by atoms with E-state index < -0.39 is 0 Å². The highest BCUT2D eigenvalue weighted by atomic mass is 16.5. The lowest BCUT2D eigenvalue weighted by Gasteiger charge is -2.36. The van der Waals surface area contributed by atoms with Gasteiger partial charge >= 0.3 is 5.97 Å². The molecule has 1 aliphatic heterocycles. The van der Waals surface area contributed by atoms with Crippen molar-refractivity contribution in [1.82, 2.24) is 0 Å². The van der Waals surface area contributed by atoms with Crippen LogP contribution in [0.1, 0.15) is 82.8 Å². The highest BCUT2D eigenvalue weighted by Crippen LogP contribution is 2.49. The topological polar surface area (TPSA) is 76.0 Å². The van der Waals surface area contributed by atoms with Crippen LogP contribution in [0.3, 0.4) is 0 Å². The van der Waals surface area contributed by atoms with E-state index in [1.165, 1.54) is 6.92 Å². The van der Waals surface area contributed by atoms with Gasteiger partial charge in [-0.1, -0.05) is 50.1 Å². The summed E-state index contributed by atoms with van der Waals surface area (Å²) in [5.41, 5.74) is 3.20. The second kappa shape index (κ2) is 11.7. The lowest BCUT2D eigenvalue weighted by Crippen LogP contribution is -2.32. The summed E-state index contributed by atoms with van der Waals surface area (Å²) in [4.78, 5) is 11.3. The van der Waals surface area contributed by atoms with E-state index in [4.69, 9.17) is 9.47 Å². The summed E-state index contributed by atoms with van der Waals surface area (Å²) in [5, 5.41) is 22.4. The van der Waals surface area contributed by atoms with Crippen molar-refractivity contribution >= 4 is 5.97 Å². The number of aromatic hydroxyl groups is 2. The van der Waals surface area contributed by atoms with Crippen molar-refractivity contribution in [1.29, 1.82) is 0 Å². The van der Waals surface area contributed by atoms with Crippen LogP contribution >= 0.6 is 0 Å². The summed E-state index contributed by atoms with van der Waals surface area (Å²) >= 11 is 0. The summed E-state index contributed by atoms with van der Waals surface area (Å²) in [6, 6.07) is 3.66. The molecule has 1 aliphatic carbocycles. The van der Waals surface area contributed by atoms with Crippen LogP contribution in [0.4, 0.5) is 0 Å². The summed E-state index contributed by atoms with van der Waals surface area (Å²) in [6.45, 7) is 11.3. The molecule has 2 N–H and O–H groups in total. The molecule has 0 unspecified atom stereocenters. The fourth-order valence-corrected chi connectivity index (χ4v) is 5.30. The number of carbonyl (C=O) groups is 1. The Morgan fingerprint density at radius 1 is 1.24 bits per heavy atom. The maximum atomic E-state index is 11.3. The first kappa shape index (κ1) is 26.1. The molecule has 1 aromatic rings. The van der Waals surface area contributed by atoms with Crippen LogP contribution in [0.5, 0.6) is 11.5 Å². The van der Waals surface area contributed by atoms with Crippen LogP contribution in [-0.2, 0) is 19.7 Å². The number of allylic oxidation sites excluding steroid dienone is 4. The van der Waals surface area contributed by atoms with E-state index in [-0.39, 0.29) is 41.3 Å². The van der Waals surface area contributed by atoms with Gasteiger partial charge in [0.2, 0.25) is 0 Å². The normalized spacial score (nSPS) is 22.4. The number of phenolic OH excluding ortho intramolecular Hbond substituents is 2. The van der Waals surface area contributed by atoms with E-state index in [0.29, 0.717) is 18.8 Å². The van der Waals surface area contributed by atoms with E-state index in [0.717, 1.165) is 61.7 Å². The molecular formula is C29H40O5. The number of hydrogen-bond acceptors (Lipinski definition) is 5. The minimum atomic E-state index is -0.316. The first-order valence-electron chi connectivity index (χ1n) is 12.6. The number of phenols is 2. The number of esters is 1. The molecule has 1 aromatic carbocycles. The van der Waals surface area contributed by atoms with Crippen molar-refractivity contribution in [3.05, 3.63) is 59.2 Å². The van der Waals surface area contributed by atoms with Gasteiger partial charge < -0.3 is 19.7 Å². The van der Waals surface area contributed by atoms with E-state index in [9.17, 15) is 15.0 Å². The van der Waals surface area contributed by atoms with Gasteiger partial charge in [-0.25, -0.2) is 0 Å². The first-order valence-corrected chi connectivity index (χ1v) is 12.6. The average molecular weight is 469 g/mol. The molecule has 2 atom stereocenters. The van der Waals surface area contributed by atoms with E-state index in [1.54, 1.807) is 0 Å². The Morgan fingerprint density at radius 3 is 2.50 bits per heavy atom. The molecule has 0 spiro atoms. The smallest absolute Gasteiger partial charge is 0.302 e. The molecule has 0 saturated carbocycles. The van der Waals surface area contributed by atoms with Gasteiger partial charge in [0, 0.05) is 37.0 Å². The molecule has 2 aliphatic rings. The largest absolute Gasteiger partial charge is 0.507 e. The van der Waals surface area contributed by atoms with Crippen LogP contribution in [0, 0.1) is 5.92 Å². The summed E-state index contributed by atoms with van der Waals surface area (Å²) in [6.07, 6.45) is 13.1. The molecule has 3 rings (SSSR count). The van der Waals surface area contributed by atoms with Gasteiger partial charge in [-0.15, -0.1) is 0 Å². The molecule has 1 saturated heterocycles. The zero-order valence-electron chi connectivity index (χ0n) is 20.9. The summed E-state index contributed by atoms with van der Waals surface area (Å²) in [7, 11) is 0. The molecule has 1 fully saturated rings. The van der Waals surface area contributed by atoms with Crippen molar-refractivity contribution in [2.24, 2.45) is 5.92 Å². The van der Waals surface area contributed by atoms with Gasteiger partial charge in [0.25, 0.3) is 0 Å². The third-order valence-electron chi connectivity index (χ3n) is 7.31. The molecule has 1 heterocycles. The zero-order valence-corrected chi connectivity index (χ0v) is 20.9. The molecule has 5 nitrogen and oxygen atoms in total. The quantitative estimate of drug-likeness (QED) is 0.247. The SMILES string of the molecule is C=C(C)[C@H]1CCC(COC(C)=O)=C[C@@H]1c1c(O)cc(C2(/C=C/CCCC)CCOCC2)cc1O. The predicted octanol–water partition coefficient (Wildman–Crippen LogP) is 6.45. The number of hydrogen-bond donors (Lipinski definition) is 2. The lowest BCUT2D eigenvalue weighted by molar-refractivity contribution is -0.140. The number of unbranched alkanes of at least 4 members (excludes halogenated alkanes) is 2. The minimum absolute atomic E-state index is 0.0923. The lowest BCUT2D eigenvalue weighted by atomic mass is 9.71. The Balaban J connectivity index is 1.99. The maximum absolute atomic E-state index is 11.3. The molecule has 186 valence electrons. The fraction of sp³-hybridized carbons (Fsp3) is 0.552. The summed E-state index contributed by atoms with van der Waals surface area (Å²) in [5.74, 6) is -0.248. The Bertz CT molecular complexity index is 913. The van der Waals surface area contributed by atoms with Crippen LogP contribution in [0.2, 0.25) is 0 Å². The first-order chi connectivity index (χ1) is 16.3. The van der Waals surface area contributed by atoms with Crippen molar-refractivity contribution in [3.63, 3.8) is 0 Å². The molecule has 0 aromatic heterocycles. The highest BCUT2D eigenvalue weighted by molar-refractivity contribution is 5.66. The standard InChI is InChI=1S/C29H40O5/c1-5-6-7-8-11-29(12-14-33-15-13-29)23-17-26(31)28(27(32)18-23)25-16-22(19-34-21(4)30)9-10-24(25)20(2)3/h8,11,16-18,24-25,31-32H,2,5-7,9-10,12-15,19H2,1,3-4H3/b11-8+/t24-,25+/m1/s1. The van der Waals surface area contributed by atoms with Gasteiger partial charge in [-0.3, -0.25) is 4.79 Å². The van der Waals surface area contributed by atoms with Gasteiger partial charge in [0.15, 0.2) is 0 Å². The van der Waals surface area contributed by atoms with Crippen LogP contribution in [0.25, 0.3) is 0 Å². The monoisotopic (exact) mass is 468 g/mol. The Hall–Kier alpha value is -2.53. The maximum Gasteiger partial charge on any atom is 0.302 e. The number of ether oxygens (including phenoxy) is 2. The van der Waals surface area contributed by atoms with Crippen molar-refractivity contribution in [3.8, 4) is 11.5 Å². The second-order valence-corrected chi connectivity index (χ2v) is 9.86. The minimum Gasteiger partial charge on any atom is -0.507 e. The molecule has 5 heteroatoms. The number of benzene rings is 1. The summed E-state index contributed by atoms with van der Waals surface area (Å²) < 4.78 is 10.8. The molecule has 0 bridgehead atoms. The van der Waals surface area contributed by atoms with E-state index in [2.05, 4.69) is 25.7 Å². The predicted molar refractivity (Wildman–Crippen MR) is 135 cm³/mol. The van der Waals surface area contributed by atoms with Gasteiger partial charge in [0.1, 0.15) is 18.1 Å². The molecular weight excluding hydrogens is 428 g/mol. The average Bonchev–Trinajstić information content (AvgIpc) is 2.80. The number of rotatable bonds is 9. The van der Waals surface area contributed by atoms with Crippen molar-refractivity contribution < 1.29 is 24.5 Å². The highest BCUT2D eigenvalue weighted by Gasteiger charge is 2.36. The van der Waals surface area contributed by atoms with Crippen LogP contribution in [0.15, 0.2) is 48.1 Å². The van der Waals surface area contributed by atoms with E-state index >= 15 is 0 Å². The molecule has 0 amide bonds. The fourth-order valence-electron chi connectivity index (χ4n) is 5.30. The van der Waals surface area contributed by atoms with Gasteiger partial charge in [-0.05, 0) is 68.2 Å². The van der Waals surface area contributed by atoms with Crippen LogP contribution < -0.4 is 0 Å². The van der Waals surface area contributed by atoms with Crippen molar-refractivity contribution in [2.75, 3.05) is 19.8 Å². The van der Waals surface area contributed by atoms with Gasteiger partial charge in [-0.2, -0.15) is 0 Å². The molecule has 0 radical (unpaired) electrons. The Kier molecular flexibility index (Phi) is 9.01. The van der Waals surface area contributed by atoms with Gasteiger partial charge in [0.05, 0.1) is 0 Å². The Morgan fingerprint density at radius 2 is 1.91 bits per heavy atom. The second-order valence-electron chi connectivity index (χ2n) is 9.86. The molecule has 34 heavy (non-hydrogen) atoms.